The van der Waals surface area contributed by atoms with Crippen LogP contribution in [-0.2, 0) is 4.74 Å². The molecule has 1 aromatic heterocycles. The molecular formula is C15H18N2O2S. The van der Waals surface area contributed by atoms with Gasteiger partial charge in [0, 0.05) is 29.7 Å². The molecule has 0 saturated carbocycles. The molecule has 2 aromatic rings. The van der Waals surface area contributed by atoms with Crippen molar-refractivity contribution in [1.29, 1.82) is 0 Å². The van der Waals surface area contributed by atoms with E-state index < -0.39 is 0 Å². The Morgan fingerprint density at radius 1 is 1.40 bits per heavy atom. The van der Waals surface area contributed by atoms with Gasteiger partial charge in [-0.1, -0.05) is 12.1 Å². The van der Waals surface area contributed by atoms with E-state index in [1.165, 1.54) is 4.88 Å². The lowest BCUT2D eigenvalue weighted by molar-refractivity contribution is 0.0937. The van der Waals surface area contributed by atoms with Crippen LogP contribution in [0.25, 0.3) is 10.6 Å². The Kier molecular flexibility index (Phi) is 4.87. The molecule has 1 N–H and O–H groups in total. The van der Waals surface area contributed by atoms with Crippen molar-refractivity contribution in [2.24, 2.45) is 0 Å². The molecule has 0 spiro atoms. The zero-order valence-corrected chi connectivity index (χ0v) is 12.7. The van der Waals surface area contributed by atoms with Crippen LogP contribution in [0.2, 0.25) is 0 Å². The van der Waals surface area contributed by atoms with Crippen molar-refractivity contribution in [2.45, 2.75) is 13.8 Å². The van der Waals surface area contributed by atoms with Gasteiger partial charge >= 0.3 is 0 Å². The van der Waals surface area contributed by atoms with Crippen LogP contribution >= 0.6 is 11.3 Å². The largest absolute Gasteiger partial charge is 0.383 e. The quantitative estimate of drug-likeness (QED) is 0.862. The Bertz CT molecular complexity index is 588. The maximum atomic E-state index is 12.0. The number of methoxy groups -OCH3 is 1. The summed E-state index contributed by atoms with van der Waals surface area (Å²) >= 11 is 1.65. The summed E-state index contributed by atoms with van der Waals surface area (Å²) in [6.07, 6.45) is 0. The first-order valence-electron chi connectivity index (χ1n) is 6.43. The lowest BCUT2D eigenvalue weighted by atomic mass is 10.1. The van der Waals surface area contributed by atoms with Crippen LogP contribution < -0.4 is 5.32 Å². The third kappa shape index (κ3) is 3.43. The molecular weight excluding hydrogens is 272 g/mol. The fraction of sp³-hybridized carbons (Fsp3) is 0.333. The summed E-state index contributed by atoms with van der Waals surface area (Å²) in [5, 5.41) is 3.76. The summed E-state index contributed by atoms with van der Waals surface area (Å²) in [6, 6.07) is 7.54. The number of hydrogen-bond donors (Lipinski definition) is 1. The van der Waals surface area contributed by atoms with Crippen molar-refractivity contribution in [3.63, 3.8) is 0 Å². The van der Waals surface area contributed by atoms with Gasteiger partial charge in [0.25, 0.3) is 5.91 Å². The van der Waals surface area contributed by atoms with Crippen molar-refractivity contribution in [2.75, 3.05) is 20.3 Å². The predicted octanol–water partition coefficient (Wildman–Crippen LogP) is 2.80. The van der Waals surface area contributed by atoms with Crippen LogP contribution in [0.4, 0.5) is 0 Å². The SMILES string of the molecule is COCCNC(=O)c1cccc(-c2nc(C)c(C)s2)c1. The Morgan fingerprint density at radius 2 is 2.20 bits per heavy atom. The van der Waals surface area contributed by atoms with Gasteiger partial charge in [-0.2, -0.15) is 0 Å². The van der Waals surface area contributed by atoms with Gasteiger partial charge in [-0.15, -0.1) is 11.3 Å². The van der Waals surface area contributed by atoms with Crippen LogP contribution in [0.3, 0.4) is 0 Å². The van der Waals surface area contributed by atoms with E-state index in [9.17, 15) is 4.79 Å². The Balaban J connectivity index is 2.17. The summed E-state index contributed by atoms with van der Waals surface area (Å²) in [5.41, 5.74) is 2.66. The third-order valence-corrected chi connectivity index (χ3v) is 4.11. The summed E-state index contributed by atoms with van der Waals surface area (Å²) in [4.78, 5) is 17.7. The highest BCUT2D eigenvalue weighted by atomic mass is 32.1. The minimum atomic E-state index is -0.0890. The van der Waals surface area contributed by atoms with Crippen molar-refractivity contribution >= 4 is 17.2 Å². The second kappa shape index (κ2) is 6.63. The number of nitrogens with zero attached hydrogens (tertiary/aromatic N) is 1. The van der Waals surface area contributed by atoms with Gasteiger partial charge in [0.15, 0.2) is 0 Å². The van der Waals surface area contributed by atoms with Crippen LogP contribution in [0, 0.1) is 13.8 Å². The summed E-state index contributed by atoms with van der Waals surface area (Å²) in [6.45, 7) is 5.07. The number of aryl methyl sites for hydroxylation is 2. The van der Waals surface area contributed by atoms with Gasteiger partial charge in [-0.05, 0) is 26.0 Å². The molecule has 0 unspecified atom stereocenters. The first-order valence-corrected chi connectivity index (χ1v) is 7.25. The average molecular weight is 290 g/mol. The van der Waals surface area contributed by atoms with E-state index in [1.807, 2.05) is 25.1 Å². The van der Waals surface area contributed by atoms with Crippen LogP contribution in [0.1, 0.15) is 20.9 Å². The van der Waals surface area contributed by atoms with Crippen molar-refractivity contribution < 1.29 is 9.53 Å². The zero-order valence-electron chi connectivity index (χ0n) is 11.9. The van der Waals surface area contributed by atoms with Crippen LogP contribution in [0.5, 0.6) is 0 Å². The Morgan fingerprint density at radius 3 is 2.85 bits per heavy atom. The highest BCUT2D eigenvalue weighted by Gasteiger charge is 2.10. The van der Waals surface area contributed by atoms with E-state index in [4.69, 9.17) is 4.74 Å². The topological polar surface area (TPSA) is 51.2 Å². The first kappa shape index (κ1) is 14.7. The lowest BCUT2D eigenvalue weighted by Crippen LogP contribution is -2.26. The number of ether oxygens (including phenoxy) is 1. The van der Waals surface area contributed by atoms with E-state index >= 15 is 0 Å². The van der Waals surface area contributed by atoms with Gasteiger partial charge in [-0.3, -0.25) is 4.79 Å². The molecule has 106 valence electrons. The third-order valence-electron chi connectivity index (χ3n) is 2.99. The minimum absolute atomic E-state index is 0.0890. The number of carbonyl (C=O) groups excluding carboxylic acids is 1. The summed E-state index contributed by atoms with van der Waals surface area (Å²) < 4.78 is 4.91. The minimum Gasteiger partial charge on any atom is -0.383 e. The molecule has 0 saturated heterocycles. The van der Waals surface area contributed by atoms with Crippen LogP contribution in [-0.4, -0.2) is 31.2 Å². The molecule has 0 radical (unpaired) electrons. The highest BCUT2D eigenvalue weighted by molar-refractivity contribution is 7.15. The molecule has 5 heteroatoms. The second-order valence-electron chi connectivity index (χ2n) is 4.49. The van der Waals surface area contributed by atoms with E-state index in [0.717, 1.165) is 16.3 Å². The Labute approximate surface area is 122 Å². The van der Waals surface area contributed by atoms with E-state index in [1.54, 1.807) is 24.5 Å². The number of carbonyl (C=O) groups is 1. The standard InChI is InChI=1S/C15H18N2O2S/c1-10-11(2)20-15(17-10)13-6-4-5-12(9-13)14(18)16-7-8-19-3/h4-6,9H,7-8H2,1-3H3,(H,16,18). The molecule has 2 rings (SSSR count). The molecule has 1 amide bonds. The maximum absolute atomic E-state index is 12.0. The molecule has 0 aliphatic carbocycles. The van der Waals surface area contributed by atoms with E-state index in [0.29, 0.717) is 18.7 Å². The molecule has 0 aliphatic rings. The molecule has 0 atom stereocenters. The number of benzene rings is 1. The molecule has 4 nitrogen and oxygen atoms in total. The van der Waals surface area contributed by atoms with Crippen molar-refractivity contribution in [3.8, 4) is 10.6 Å². The van der Waals surface area contributed by atoms with Crippen LogP contribution in [0.15, 0.2) is 24.3 Å². The predicted molar refractivity (Wildman–Crippen MR) is 81.2 cm³/mol. The molecule has 0 aliphatic heterocycles. The first-order chi connectivity index (χ1) is 9.61. The van der Waals surface area contributed by atoms with Gasteiger partial charge < -0.3 is 10.1 Å². The van der Waals surface area contributed by atoms with Gasteiger partial charge in [0.05, 0.1) is 12.3 Å². The summed E-state index contributed by atoms with van der Waals surface area (Å²) in [7, 11) is 1.61. The molecule has 20 heavy (non-hydrogen) atoms. The number of nitrogens with one attached hydrogen (secondary N) is 1. The van der Waals surface area contributed by atoms with E-state index in [-0.39, 0.29) is 5.91 Å². The van der Waals surface area contributed by atoms with Gasteiger partial charge in [-0.25, -0.2) is 4.98 Å². The molecule has 1 aromatic carbocycles. The normalized spacial score (nSPS) is 10.6. The number of hydrogen-bond acceptors (Lipinski definition) is 4. The second-order valence-corrected chi connectivity index (χ2v) is 5.69. The number of rotatable bonds is 5. The Hall–Kier alpha value is -1.72. The number of aromatic nitrogens is 1. The van der Waals surface area contributed by atoms with Gasteiger partial charge in [0.2, 0.25) is 0 Å². The van der Waals surface area contributed by atoms with Crippen molar-refractivity contribution in [1.82, 2.24) is 10.3 Å². The fourth-order valence-electron chi connectivity index (χ4n) is 1.76. The number of amides is 1. The van der Waals surface area contributed by atoms with Gasteiger partial charge in [0.1, 0.15) is 5.01 Å². The van der Waals surface area contributed by atoms with Crippen molar-refractivity contribution in [3.05, 3.63) is 40.4 Å². The number of thiazole rings is 1. The maximum Gasteiger partial charge on any atom is 0.251 e. The fourth-order valence-corrected chi connectivity index (χ4v) is 2.67. The molecule has 0 bridgehead atoms. The lowest BCUT2D eigenvalue weighted by Gasteiger charge is -2.05. The average Bonchev–Trinajstić information content (AvgIpc) is 2.79. The summed E-state index contributed by atoms with van der Waals surface area (Å²) in [5.74, 6) is -0.0890. The molecule has 0 fully saturated rings. The molecule has 1 heterocycles. The monoisotopic (exact) mass is 290 g/mol. The highest BCUT2D eigenvalue weighted by Crippen LogP contribution is 2.27. The smallest absolute Gasteiger partial charge is 0.251 e. The van der Waals surface area contributed by atoms with E-state index in [2.05, 4.69) is 17.2 Å². The zero-order chi connectivity index (χ0) is 14.5.